The van der Waals surface area contributed by atoms with Crippen molar-refractivity contribution in [1.29, 1.82) is 0 Å². The lowest BCUT2D eigenvalue weighted by Crippen LogP contribution is -2.24. The van der Waals surface area contributed by atoms with Crippen LogP contribution in [0.2, 0.25) is 0 Å². The predicted octanol–water partition coefficient (Wildman–Crippen LogP) is 5.68. The molecular weight excluding hydrogens is 383 g/mol. The van der Waals surface area contributed by atoms with Crippen LogP contribution in [0.1, 0.15) is 58.3 Å². The van der Waals surface area contributed by atoms with Gasteiger partial charge in [0.2, 0.25) is 0 Å². The number of carbonyl (C=O) groups is 2. The van der Waals surface area contributed by atoms with E-state index >= 15 is 0 Å². The molecule has 0 aliphatic rings. The third-order valence-corrected chi connectivity index (χ3v) is 4.33. The smallest absolute Gasteiger partial charge is 0.416 e. The largest absolute Gasteiger partial charge is 0.456 e. The second-order valence-electron chi connectivity index (χ2n) is 7.76. The van der Waals surface area contributed by atoms with Crippen molar-refractivity contribution in [3.63, 3.8) is 0 Å². The van der Waals surface area contributed by atoms with E-state index in [0.29, 0.717) is 16.6 Å². The zero-order valence-electron chi connectivity index (χ0n) is 16.4. The Balaban J connectivity index is 2.11. The Morgan fingerprint density at radius 1 is 0.966 bits per heavy atom. The fourth-order valence-electron chi connectivity index (χ4n) is 3.12. The van der Waals surface area contributed by atoms with Crippen molar-refractivity contribution < 1.29 is 27.5 Å². The van der Waals surface area contributed by atoms with Gasteiger partial charge in [-0.2, -0.15) is 13.2 Å². The number of aryl methyl sites for hydroxylation is 1. The molecule has 0 saturated heterocycles. The minimum Gasteiger partial charge on any atom is -0.456 e. The normalized spacial score (nSPS) is 12.2. The fraction of sp³-hybridized carbons (Fsp3) is 0.273. The molecule has 7 heteroatoms. The van der Waals surface area contributed by atoms with Crippen LogP contribution in [-0.2, 0) is 10.9 Å². The molecule has 0 aliphatic carbocycles. The number of hydrogen-bond acceptors (Lipinski definition) is 3. The van der Waals surface area contributed by atoms with Gasteiger partial charge >= 0.3 is 12.1 Å². The Morgan fingerprint density at radius 3 is 2.14 bits per heavy atom. The molecule has 1 aromatic heterocycles. The van der Waals surface area contributed by atoms with Crippen LogP contribution in [0, 0.1) is 6.92 Å². The summed E-state index contributed by atoms with van der Waals surface area (Å²) in [5, 5.41) is 0.393. The van der Waals surface area contributed by atoms with E-state index in [4.69, 9.17) is 4.74 Å². The molecule has 0 amide bonds. The first-order valence-electron chi connectivity index (χ1n) is 8.95. The molecule has 0 spiro atoms. The number of ether oxygens (including phenoxy) is 1. The minimum atomic E-state index is -4.48. The number of ketones is 1. The molecule has 3 rings (SSSR count). The standard InChI is InChI=1S/C22H20F3NO3/c1-12-17(19(27)13-8-10-14(11-9-13)22(23,24)25)18-15(6-5-7-16(18)26-12)20(28)29-21(2,3)4/h5-11,26H,1-4H3. The van der Waals surface area contributed by atoms with Crippen molar-refractivity contribution in [2.75, 3.05) is 0 Å². The maximum atomic E-state index is 13.1. The summed E-state index contributed by atoms with van der Waals surface area (Å²) >= 11 is 0. The van der Waals surface area contributed by atoms with Gasteiger partial charge in [0.1, 0.15) is 5.60 Å². The molecule has 29 heavy (non-hydrogen) atoms. The third-order valence-electron chi connectivity index (χ3n) is 4.33. The highest BCUT2D eigenvalue weighted by molar-refractivity contribution is 6.21. The number of carbonyl (C=O) groups excluding carboxylic acids is 2. The van der Waals surface area contributed by atoms with Gasteiger partial charge in [0.25, 0.3) is 0 Å². The third kappa shape index (κ3) is 4.18. The average Bonchev–Trinajstić information content (AvgIpc) is 2.94. The van der Waals surface area contributed by atoms with E-state index in [0.717, 1.165) is 24.3 Å². The maximum Gasteiger partial charge on any atom is 0.416 e. The Kier molecular flexibility index (Phi) is 5.03. The van der Waals surface area contributed by atoms with E-state index in [1.54, 1.807) is 45.9 Å². The van der Waals surface area contributed by atoms with Gasteiger partial charge in [-0.25, -0.2) is 4.79 Å². The summed E-state index contributed by atoms with van der Waals surface area (Å²) in [6.45, 7) is 6.89. The number of hydrogen-bond donors (Lipinski definition) is 1. The highest BCUT2D eigenvalue weighted by Crippen LogP contribution is 2.32. The number of nitrogens with one attached hydrogen (secondary N) is 1. The quantitative estimate of drug-likeness (QED) is 0.452. The second-order valence-corrected chi connectivity index (χ2v) is 7.76. The Hall–Kier alpha value is -3.09. The van der Waals surface area contributed by atoms with E-state index < -0.39 is 29.1 Å². The summed E-state index contributed by atoms with van der Waals surface area (Å²) in [4.78, 5) is 28.9. The molecule has 0 fully saturated rings. The van der Waals surface area contributed by atoms with Gasteiger partial charge in [-0.1, -0.05) is 18.2 Å². The Bertz CT molecular complexity index is 1090. The Labute approximate surface area is 165 Å². The lowest BCUT2D eigenvalue weighted by atomic mass is 9.96. The van der Waals surface area contributed by atoms with Crippen molar-refractivity contribution in [2.24, 2.45) is 0 Å². The highest BCUT2D eigenvalue weighted by atomic mass is 19.4. The maximum absolute atomic E-state index is 13.1. The number of aromatic nitrogens is 1. The molecule has 4 nitrogen and oxygen atoms in total. The number of halogens is 3. The van der Waals surface area contributed by atoms with Crippen molar-refractivity contribution in [1.82, 2.24) is 4.98 Å². The summed E-state index contributed by atoms with van der Waals surface area (Å²) in [6.07, 6.45) is -4.48. The zero-order valence-corrected chi connectivity index (χ0v) is 16.4. The van der Waals surface area contributed by atoms with Crippen molar-refractivity contribution in [3.05, 3.63) is 70.4 Å². The zero-order chi connectivity index (χ0) is 21.6. The topological polar surface area (TPSA) is 59.2 Å². The summed E-state index contributed by atoms with van der Waals surface area (Å²) in [6, 6.07) is 8.97. The average molecular weight is 403 g/mol. The summed E-state index contributed by atoms with van der Waals surface area (Å²) < 4.78 is 43.9. The second kappa shape index (κ2) is 7.06. The molecule has 0 bridgehead atoms. The molecule has 2 aromatic carbocycles. The van der Waals surface area contributed by atoms with Crippen LogP contribution >= 0.6 is 0 Å². The molecule has 0 saturated carbocycles. The molecule has 3 aromatic rings. The monoisotopic (exact) mass is 403 g/mol. The number of esters is 1. The van der Waals surface area contributed by atoms with Gasteiger partial charge in [-0.05, 0) is 52.0 Å². The molecule has 0 unspecified atom stereocenters. The summed E-state index contributed by atoms with van der Waals surface area (Å²) in [7, 11) is 0. The molecular formula is C22H20F3NO3. The molecule has 152 valence electrons. The van der Waals surface area contributed by atoms with E-state index in [1.807, 2.05) is 0 Å². The van der Waals surface area contributed by atoms with Crippen LogP contribution in [0.4, 0.5) is 13.2 Å². The summed E-state index contributed by atoms with van der Waals surface area (Å²) in [5.41, 5.74) is 0.0859. The molecule has 0 aliphatic heterocycles. The number of rotatable bonds is 3. The SMILES string of the molecule is Cc1[nH]c2cccc(C(=O)OC(C)(C)C)c2c1C(=O)c1ccc(C(F)(F)F)cc1. The number of alkyl halides is 3. The minimum absolute atomic E-state index is 0.0981. The van der Waals surface area contributed by atoms with Gasteiger partial charge in [-0.15, -0.1) is 0 Å². The van der Waals surface area contributed by atoms with E-state index in [1.165, 1.54) is 0 Å². The lowest BCUT2D eigenvalue weighted by Gasteiger charge is -2.20. The Morgan fingerprint density at radius 2 is 1.59 bits per heavy atom. The number of H-pyrrole nitrogens is 1. The highest BCUT2D eigenvalue weighted by Gasteiger charge is 2.31. The molecule has 0 atom stereocenters. The van der Waals surface area contributed by atoms with E-state index in [2.05, 4.69) is 4.98 Å². The van der Waals surface area contributed by atoms with Crippen molar-refractivity contribution in [3.8, 4) is 0 Å². The van der Waals surface area contributed by atoms with Crippen molar-refractivity contribution >= 4 is 22.7 Å². The van der Waals surface area contributed by atoms with Crippen LogP contribution in [0.25, 0.3) is 10.9 Å². The molecule has 1 heterocycles. The molecule has 0 radical (unpaired) electrons. The first kappa shape index (κ1) is 20.6. The van der Waals surface area contributed by atoms with Gasteiger partial charge < -0.3 is 9.72 Å². The van der Waals surface area contributed by atoms with Gasteiger partial charge in [0.15, 0.2) is 5.78 Å². The van der Waals surface area contributed by atoms with Crippen LogP contribution in [-0.4, -0.2) is 22.3 Å². The van der Waals surface area contributed by atoms with Crippen molar-refractivity contribution in [2.45, 2.75) is 39.5 Å². The first-order chi connectivity index (χ1) is 13.4. The van der Waals surface area contributed by atoms with Gasteiger partial charge in [0.05, 0.1) is 16.7 Å². The van der Waals surface area contributed by atoms with Crippen LogP contribution in [0.3, 0.4) is 0 Å². The van der Waals surface area contributed by atoms with Gasteiger partial charge in [0, 0.05) is 22.2 Å². The van der Waals surface area contributed by atoms with Crippen LogP contribution in [0.15, 0.2) is 42.5 Å². The van der Waals surface area contributed by atoms with Crippen LogP contribution < -0.4 is 0 Å². The predicted molar refractivity (Wildman–Crippen MR) is 103 cm³/mol. The van der Waals surface area contributed by atoms with E-state index in [9.17, 15) is 22.8 Å². The summed E-state index contributed by atoms with van der Waals surface area (Å²) in [5.74, 6) is -1.05. The van der Waals surface area contributed by atoms with E-state index in [-0.39, 0.29) is 16.7 Å². The lowest BCUT2D eigenvalue weighted by molar-refractivity contribution is -0.137. The first-order valence-corrected chi connectivity index (χ1v) is 8.95. The fourth-order valence-corrected chi connectivity index (χ4v) is 3.12. The number of aromatic amines is 1. The molecule has 1 N–H and O–H groups in total. The number of benzene rings is 2. The van der Waals surface area contributed by atoms with Crippen LogP contribution in [0.5, 0.6) is 0 Å². The number of fused-ring (bicyclic) bond motifs is 1. The van der Waals surface area contributed by atoms with Gasteiger partial charge in [-0.3, -0.25) is 4.79 Å².